The predicted octanol–water partition coefficient (Wildman–Crippen LogP) is 4.77. The van der Waals surface area contributed by atoms with Gasteiger partial charge in [0.05, 0.1) is 22.3 Å². The summed E-state index contributed by atoms with van der Waals surface area (Å²) in [6, 6.07) is 8.73. The van der Waals surface area contributed by atoms with Crippen molar-refractivity contribution in [1.82, 2.24) is 14.4 Å². The quantitative estimate of drug-likeness (QED) is 0.679. The molecule has 1 aliphatic carbocycles. The van der Waals surface area contributed by atoms with E-state index in [4.69, 9.17) is 23.2 Å². The number of urea groups is 1. The predicted molar refractivity (Wildman–Crippen MR) is 116 cm³/mol. The fraction of sp³-hybridized carbons (Fsp3) is 0.429. The summed E-state index contributed by atoms with van der Waals surface area (Å²) in [5, 5.41) is 3.41. The Morgan fingerprint density at radius 3 is 2.52 bits per heavy atom. The molecule has 3 rings (SSSR count). The molecule has 0 unspecified atom stereocenters. The number of carbonyl (C=O) groups is 2. The molecule has 0 atom stereocenters. The molecule has 1 aliphatic rings. The molecule has 1 N–H and O–H groups in total. The first-order valence-electron chi connectivity index (χ1n) is 9.69. The van der Waals surface area contributed by atoms with Crippen molar-refractivity contribution in [1.29, 1.82) is 0 Å². The van der Waals surface area contributed by atoms with Crippen LogP contribution in [0.25, 0.3) is 0 Å². The van der Waals surface area contributed by atoms with Crippen LogP contribution in [0.15, 0.2) is 36.5 Å². The summed E-state index contributed by atoms with van der Waals surface area (Å²) in [4.78, 5) is 29.4. The van der Waals surface area contributed by atoms with Crippen LogP contribution in [0.3, 0.4) is 0 Å². The average Bonchev–Trinajstić information content (AvgIpc) is 3.43. The second kappa shape index (κ2) is 9.09. The summed E-state index contributed by atoms with van der Waals surface area (Å²) in [6.07, 6.45) is 3.97. The van der Waals surface area contributed by atoms with Crippen molar-refractivity contribution >= 4 is 40.8 Å². The van der Waals surface area contributed by atoms with Crippen molar-refractivity contribution in [3.8, 4) is 0 Å². The SMILES string of the molecule is CC(C)N(CC(=O)N(Cc1cccn1C)C1CC1)C(=O)Nc1cccc(Cl)c1Cl. The number of carbonyl (C=O) groups excluding carboxylic acids is 2. The van der Waals surface area contributed by atoms with Gasteiger partial charge in [-0.3, -0.25) is 4.79 Å². The molecule has 1 saturated carbocycles. The van der Waals surface area contributed by atoms with Crippen LogP contribution in [0.1, 0.15) is 32.4 Å². The highest BCUT2D eigenvalue weighted by molar-refractivity contribution is 6.43. The third-order valence-corrected chi connectivity index (χ3v) is 5.89. The van der Waals surface area contributed by atoms with E-state index in [2.05, 4.69) is 5.32 Å². The number of aryl methyl sites for hydroxylation is 1. The van der Waals surface area contributed by atoms with E-state index in [1.807, 2.05) is 48.7 Å². The van der Waals surface area contributed by atoms with Crippen molar-refractivity contribution in [2.45, 2.75) is 45.3 Å². The number of aromatic nitrogens is 1. The highest BCUT2D eigenvalue weighted by atomic mass is 35.5. The lowest BCUT2D eigenvalue weighted by Gasteiger charge is -2.30. The molecule has 8 heteroatoms. The van der Waals surface area contributed by atoms with Gasteiger partial charge in [0.2, 0.25) is 5.91 Å². The Balaban J connectivity index is 1.71. The fourth-order valence-electron chi connectivity index (χ4n) is 3.16. The normalized spacial score (nSPS) is 13.4. The van der Waals surface area contributed by atoms with Crippen molar-refractivity contribution in [2.24, 2.45) is 7.05 Å². The van der Waals surface area contributed by atoms with Gasteiger partial charge in [0.1, 0.15) is 6.54 Å². The molecule has 6 nitrogen and oxygen atoms in total. The number of halogens is 2. The van der Waals surface area contributed by atoms with Crippen LogP contribution in [-0.4, -0.2) is 44.9 Å². The van der Waals surface area contributed by atoms with Gasteiger partial charge >= 0.3 is 6.03 Å². The average molecular weight is 437 g/mol. The zero-order valence-electron chi connectivity index (χ0n) is 16.9. The minimum Gasteiger partial charge on any atom is -0.353 e. The molecule has 0 bridgehead atoms. The molecule has 3 amide bonds. The Hall–Kier alpha value is -2.18. The van der Waals surface area contributed by atoms with E-state index in [1.165, 1.54) is 4.90 Å². The number of benzene rings is 1. The zero-order chi connectivity index (χ0) is 21.1. The van der Waals surface area contributed by atoms with Crippen molar-refractivity contribution in [3.05, 3.63) is 52.3 Å². The van der Waals surface area contributed by atoms with Crippen LogP contribution in [0.2, 0.25) is 10.0 Å². The molecule has 0 spiro atoms. The van der Waals surface area contributed by atoms with E-state index in [-0.39, 0.29) is 35.6 Å². The van der Waals surface area contributed by atoms with E-state index in [0.717, 1.165) is 18.5 Å². The second-order valence-electron chi connectivity index (χ2n) is 7.62. The lowest BCUT2D eigenvalue weighted by Crippen LogP contribution is -2.48. The Labute approximate surface area is 181 Å². The monoisotopic (exact) mass is 436 g/mol. The van der Waals surface area contributed by atoms with Crippen LogP contribution >= 0.6 is 23.2 Å². The van der Waals surface area contributed by atoms with E-state index in [1.54, 1.807) is 18.2 Å². The van der Waals surface area contributed by atoms with Gasteiger partial charge in [-0.1, -0.05) is 29.3 Å². The molecule has 156 valence electrons. The van der Waals surface area contributed by atoms with Crippen molar-refractivity contribution < 1.29 is 9.59 Å². The zero-order valence-corrected chi connectivity index (χ0v) is 18.4. The first-order chi connectivity index (χ1) is 13.8. The number of hydrogen-bond acceptors (Lipinski definition) is 2. The second-order valence-corrected chi connectivity index (χ2v) is 8.40. The molecular weight excluding hydrogens is 411 g/mol. The van der Waals surface area contributed by atoms with E-state index in [9.17, 15) is 9.59 Å². The highest BCUT2D eigenvalue weighted by Crippen LogP contribution is 2.30. The molecule has 1 heterocycles. The molecular formula is C21H26Cl2N4O2. The Kier molecular flexibility index (Phi) is 6.75. The molecule has 0 aliphatic heterocycles. The van der Waals surface area contributed by atoms with E-state index >= 15 is 0 Å². The summed E-state index contributed by atoms with van der Waals surface area (Å²) in [5.74, 6) is -0.0604. The van der Waals surface area contributed by atoms with Gasteiger partial charge in [0, 0.05) is 31.0 Å². The van der Waals surface area contributed by atoms with Gasteiger partial charge in [0.25, 0.3) is 0 Å². The summed E-state index contributed by atoms with van der Waals surface area (Å²) < 4.78 is 2.01. The molecule has 0 saturated heterocycles. The number of anilines is 1. The minimum absolute atomic E-state index is 0.00259. The lowest BCUT2D eigenvalue weighted by molar-refractivity contribution is -0.133. The number of nitrogens with zero attached hydrogens (tertiary/aromatic N) is 3. The third-order valence-electron chi connectivity index (χ3n) is 5.07. The van der Waals surface area contributed by atoms with Crippen LogP contribution in [0, 0.1) is 0 Å². The van der Waals surface area contributed by atoms with Crippen LogP contribution in [-0.2, 0) is 18.4 Å². The summed E-state index contributed by atoms with van der Waals surface area (Å²) in [7, 11) is 1.97. The first kappa shape index (κ1) is 21.5. The van der Waals surface area contributed by atoms with Crippen molar-refractivity contribution in [3.63, 3.8) is 0 Å². The van der Waals surface area contributed by atoms with Gasteiger partial charge in [-0.2, -0.15) is 0 Å². The van der Waals surface area contributed by atoms with Crippen molar-refractivity contribution in [2.75, 3.05) is 11.9 Å². The Morgan fingerprint density at radius 1 is 1.21 bits per heavy atom. The minimum atomic E-state index is -0.382. The topological polar surface area (TPSA) is 57.6 Å². The van der Waals surface area contributed by atoms with Gasteiger partial charge in [-0.05, 0) is 51.0 Å². The van der Waals surface area contributed by atoms with Crippen LogP contribution in [0.5, 0.6) is 0 Å². The summed E-state index contributed by atoms with van der Waals surface area (Å²) in [5.41, 5.74) is 1.49. The molecule has 1 fully saturated rings. The maximum absolute atomic E-state index is 13.1. The number of rotatable bonds is 7. The first-order valence-corrected chi connectivity index (χ1v) is 10.4. The highest BCUT2D eigenvalue weighted by Gasteiger charge is 2.34. The van der Waals surface area contributed by atoms with Gasteiger partial charge in [0.15, 0.2) is 0 Å². The number of hydrogen-bond donors (Lipinski definition) is 1. The van der Waals surface area contributed by atoms with E-state index in [0.29, 0.717) is 17.3 Å². The molecule has 1 aromatic carbocycles. The van der Waals surface area contributed by atoms with Gasteiger partial charge in [-0.15, -0.1) is 0 Å². The molecule has 1 aromatic heterocycles. The Morgan fingerprint density at radius 2 is 1.93 bits per heavy atom. The number of amides is 3. The lowest BCUT2D eigenvalue weighted by atomic mass is 10.3. The largest absolute Gasteiger partial charge is 0.353 e. The molecule has 2 aromatic rings. The van der Waals surface area contributed by atoms with Crippen LogP contribution < -0.4 is 5.32 Å². The number of nitrogens with one attached hydrogen (secondary N) is 1. The Bertz CT molecular complexity index is 893. The summed E-state index contributed by atoms with van der Waals surface area (Å²) in [6.45, 7) is 4.31. The third kappa shape index (κ3) is 5.25. The van der Waals surface area contributed by atoms with Gasteiger partial charge in [-0.25, -0.2) is 4.79 Å². The maximum Gasteiger partial charge on any atom is 0.322 e. The summed E-state index contributed by atoms with van der Waals surface area (Å²) >= 11 is 12.2. The molecule has 0 radical (unpaired) electrons. The van der Waals surface area contributed by atoms with Crippen LogP contribution in [0.4, 0.5) is 10.5 Å². The van der Waals surface area contributed by atoms with Gasteiger partial charge < -0.3 is 19.7 Å². The maximum atomic E-state index is 13.1. The van der Waals surface area contributed by atoms with E-state index < -0.39 is 0 Å². The standard InChI is InChI=1S/C21H26Cl2N4O2/c1-14(2)26(21(29)24-18-8-4-7-17(22)20(18)23)13-19(28)27(15-9-10-15)12-16-6-5-11-25(16)3/h4-8,11,14-15H,9-10,12-13H2,1-3H3,(H,24,29). The smallest absolute Gasteiger partial charge is 0.322 e. The molecule has 29 heavy (non-hydrogen) atoms. The fourth-order valence-corrected chi connectivity index (χ4v) is 3.50.